The van der Waals surface area contributed by atoms with Gasteiger partial charge in [0, 0.05) is 24.5 Å². The fourth-order valence-corrected chi connectivity index (χ4v) is 4.75. The molecule has 1 fully saturated rings. The van der Waals surface area contributed by atoms with Crippen molar-refractivity contribution >= 4 is 35.1 Å². The molecule has 6 nitrogen and oxygen atoms in total. The number of halogens is 2. The van der Waals surface area contributed by atoms with Crippen molar-refractivity contribution in [1.29, 1.82) is 0 Å². The van der Waals surface area contributed by atoms with Gasteiger partial charge in [-0.1, -0.05) is 35.3 Å². The fraction of sp³-hybridized carbons (Fsp3) is 0.261. The molecular weight excluding hydrogens is 433 g/mol. The van der Waals surface area contributed by atoms with Crippen molar-refractivity contribution in [3.63, 3.8) is 0 Å². The Morgan fingerprint density at radius 3 is 2.74 bits per heavy atom. The number of fused-ring (bicyclic) bond motifs is 1. The van der Waals surface area contributed by atoms with Crippen LogP contribution in [-0.4, -0.2) is 32.2 Å². The van der Waals surface area contributed by atoms with Crippen LogP contribution in [0.2, 0.25) is 10.0 Å². The average Bonchev–Trinajstić information content (AvgIpc) is 3.45. The standard InChI is InChI=1S/C23H21Cl2N5O/c1-15-13-21(16-7-8-17(24)18(25)14-16)30-22(9-11-27-30)29(15)23(31)28-12-4-6-20(28)19-5-2-3-10-26-19/h2-3,5,7-11,13-14,20-21H,4,6,12H2,1H3. The van der Waals surface area contributed by atoms with Gasteiger partial charge in [-0.2, -0.15) is 5.10 Å². The lowest BCUT2D eigenvalue weighted by Crippen LogP contribution is -2.44. The van der Waals surface area contributed by atoms with E-state index in [1.54, 1.807) is 23.4 Å². The molecule has 2 unspecified atom stereocenters. The Bertz CT molecular complexity index is 1160. The van der Waals surface area contributed by atoms with Crippen molar-refractivity contribution in [2.24, 2.45) is 0 Å². The van der Waals surface area contributed by atoms with E-state index in [4.69, 9.17) is 23.2 Å². The van der Waals surface area contributed by atoms with Crippen LogP contribution < -0.4 is 4.90 Å². The van der Waals surface area contributed by atoms with E-state index in [9.17, 15) is 4.79 Å². The molecule has 5 rings (SSSR count). The summed E-state index contributed by atoms with van der Waals surface area (Å²) >= 11 is 12.3. The van der Waals surface area contributed by atoms with Gasteiger partial charge in [-0.3, -0.25) is 9.88 Å². The molecule has 4 heterocycles. The number of rotatable bonds is 2. The van der Waals surface area contributed by atoms with E-state index in [0.717, 1.165) is 35.6 Å². The Morgan fingerprint density at radius 1 is 1.10 bits per heavy atom. The van der Waals surface area contributed by atoms with Gasteiger partial charge in [0.05, 0.1) is 34.0 Å². The summed E-state index contributed by atoms with van der Waals surface area (Å²) < 4.78 is 1.84. The molecule has 1 aromatic carbocycles. The Morgan fingerprint density at radius 2 is 1.97 bits per heavy atom. The summed E-state index contributed by atoms with van der Waals surface area (Å²) in [5, 5.41) is 5.51. The van der Waals surface area contributed by atoms with Crippen LogP contribution in [0.15, 0.2) is 66.6 Å². The molecule has 0 spiro atoms. The first kappa shape index (κ1) is 20.1. The average molecular weight is 454 g/mol. The minimum absolute atomic E-state index is 0.0225. The largest absolute Gasteiger partial charge is 0.330 e. The van der Waals surface area contributed by atoms with E-state index in [0.29, 0.717) is 16.6 Å². The summed E-state index contributed by atoms with van der Waals surface area (Å²) in [5.41, 5.74) is 2.73. The van der Waals surface area contributed by atoms with Crippen LogP contribution in [0.1, 0.15) is 43.1 Å². The number of carbonyl (C=O) groups is 1. The number of likely N-dealkylation sites (tertiary alicyclic amines) is 1. The van der Waals surface area contributed by atoms with Crippen LogP contribution in [0.3, 0.4) is 0 Å². The van der Waals surface area contributed by atoms with Crippen LogP contribution >= 0.6 is 23.2 Å². The van der Waals surface area contributed by atoms with Gasteiger partial charge >= 0.3 is 6.03 Å². The molecule has 31 heavy (non-hydrogen) atoms. The van der Waals surface area contributed by atoms with E-state index in [2.05, 4.69) is 10.1 Å². The minimum Gasteiger partial charge on any atom is -0.315 e. The molecule has 2 aromatic heterocycles. The number of urea groups is 1. The molecule has 2 aliphatic heterocycles. The van der Waals surface area contributed by atoms with E-state index in [-0.39, 0.29) is 18.1 Å². The van der Waals surface area contributed by atoms with Crippen LogP contribution in [0.4, 0.5) is 10.6 Å². The summed E-state index contributed by atoms with van der Waals surface area (Å²) in [6, 6.07) is 13.0. The molecule has 2 aliphatic rings. The van der Waals surface area contributed by atoms with Crippen LogP contribution in [0, 0.1) is 0 Å². The van der Waals surface area contributed by atoms with Crippen molar-refractivity contribution in [3.8, 4) is 0 Å². The molecule has 0 N–H and O–H groups in total. The molecule has 158 valence electrons. The first-order valence-electron chi connectivity index (χ1n) is 10.2. The summed E-state index contributed by atoms with van der Waals surface area (Å²) in [6.45, 7) is 2.65. The summed E-state index contributed by atoms with van der Waals surface area (Å²) in [4.78, 5) is 21.8. The van der Waals surface area contributed by atoms with Gasteiger partial charge in [0.2, 0.25) is 0 Å². The monoisotopic (exact) mass is 453 g/mol. The zero-order chi connectivity index (χ0) is 21.5. The van der Waals surface area contributed by atoms with Gasteiger partial charge < -0.3 is 4.90 Å². The zero-order valence-electron chi connectivity index (χ0n) is 16.9. The first-order chi connectivity index (χ1) is 15.0. The van der Waals surface area contributed by atoms with Crippen molar-refractivity contribution in [2.75, 3.05) is 11.4 Å². The molecule has 0 aliphatic carbocycles. The van der Waals surface area contributed by atoms with Gasteiger partial charge in [0.15, 0.2) is 0 Å². The van der Waals surface area contributed by atoms with Crippen LogP contribution in [-0.2, 0) is 0 Å². The van der Waals surface area contributed by atoms with E-state index < -0.39 is 0 Å². The molecule has 0 radical (unpaired) electrons. The summed E-state index contributed by atoms with van der Waals surface area (Å²) in [6.07, 6.45) is 7.38. The summed E-state index contributed by atoms with van der Waals surface area (Å²) in [7, 11) is 0. The SMILES string of the molecule is CC1=CC(c2ccc(Cl)c(Cl)c2)n2nccc2N1C(=O)N1CCCC1c1ccccn1. The van der Waals surface area contributed by atoms with Gasteiger partial charge in [0.1, 0.15) is 5.82 Å². The number of anilines is 1. The lowest BCUT2D eigenvalue weighted by molar-refractivity contribution is 0.200. The number of carbonyl (C=O) groups excluding carboxylic acids is 1. The predicted molar refractivity (Wildman–Crippen MR) is 121 cm³/mol. The topological polar surface area (TPSA) is 54.3 Å². The van der Waals surface area contributed by atoms with Gasteiger partial charge in [0.25, 0.3) is 0 Å². The lowest BCUT2D eigenvalue weighted by Gasteiger charge is -2.36. The van der Waals surface area contributed by atoms with Gasteiger partial charge in [-0.15, -0.1) is 0 Å². The fourth-order valence-electron chi connectivity index (χ4n) is 4.44. The quantitative estimate of drug-likeness (QED) is 0.488. The number of nitrogens with zero attached hydrogens (tertiary/aromatic N) is 5. The highest BCUT2D eigenvalue weighted by Gasteiger charge is 2.38. The molecule has 8 heteroatoms. The molecule has 1 saturated heterocycles. The van der Waals surface area contributed by atoms with Crippen molar-refractivity contribution in [3.05, 3.63) is 87.9 Å². The highest BCUT2D eigenvalue weighted by Crippen LogP contribution is 2.38. The molecule has 2 amide bonds. The smallest absolute Gasteiger partial charge is 0.315 e. The Labute approximate surface area is 190 Å². The number of benzene rings is 1. The number of aromatic nitrogens is 3. The number of hydrogen-bond acceptors (Lipinski definition) is 3. The van der Waals surface area contributed by atoms with Gasteiger partial charge in [-0.05, 0) is 55.7 Å². The predicted octanol–water partition coefficient (Wildman–Crippen LogP) is 5.86. The normalized spacial score (nSPS) is 20.5. The third kappa shape index (κ3) is 3.50. The molecule has 0 bridgehead atoms. The van der Waals surface area contributed by atoms with E-state index in [1.165, 1.54) is 0 Å². The maximum Gasteiger partial charge on any atom is 0.330 e. The maximum atomic E-state index is 13.7. The number of hydrogen-bond donors (Lipinski definition) is 0. The summed E-state index contributed by atoms with van der Waals surface area (Å²) in [5.74, 6) is 0.729. The second-order valence-electron chi connectivity index (χ2n) is 7.78. The lowest BCUT2D eigenvalue weighted by atomic mass is 10.0. The molecule has 0 saturated carbocycles. The molecule has 2 atom stereocenters. The Kier molecular flexibility index (Phi) is 5.20. The van der Waals surface area contributed by atoms with Crippen molar-refractivity contribution in [2.45, 2.75) is 31.8 Å². The first-order valence-corrected chi connectivity index (χ1v) is 11.0. The number of allylic oxidation sites excluding steroid dienone is 2. The highest BCUT2D eigenvalue weighted by atomic mass is 35.5. The van der Waals surface area contributed by atoms with E-state index >= 15 is 0 Å². The van der Waals surface area contributed by atoms with E-state index in [1.807, 2.05) is 59.0 Å². The van der Waals surface area contributed by atoms with Crippen molar-refractivity contribution < 1.29 is 4.79 Å². The Hall–Kier alpha value is -2.83. The van der Waals surface area contributed by atoms with Gasteiger partial charge in [-0.25, -0.2) is 9.48 Å². The molecular formula is C23H21Cl2N5O. The maximum absolute atomic E-state index is 13.7. The Balaban J connectivity index is 1.50. The third-order valence-electron chi connectivity index (χ3n) is 5.90. The third-order valence-corrected chi connectivity index (χ3v) is 6.64. The van der Waals surface area contributed by atoms with Crippen LogP contribution in [0.25, 0.3) is 0 Å². The van der Waals surface area contributed by atoms with Crippen molar-refractivity contribution in [1.82, 2.24) is 19.7 Å². The number of pyridine rings is 1. The highest BCUT2D eigenvalue weighted by molar-refractivity contribution is 6.42. The second-order valence-corrected chi connectivity index (χ2v) is 8.60. The minimum atomic E-state index is -0.172. The molecule has 3 aromatic rings. The van der Waals surface area contributed by atoms with Crippen LogP contribution in [0.5, 0.6) is 0 Å². The second kappa shape index (κ2) is 8.02. The number of amides is 2. The zero-order valence-corrected chi connectivity index (χ0v) is 18.5.